The van der Waals surface area contributed by atoms with E-state index in [-0.39, 0.29) is 0 Å². The van der Waals surface area contributed by atoms with E-state index in [4.69, 9.17) is 0 Å². The van der Waals surface area contributed by atoms with Crippen LogP contribution in [-0.4, -0.2) is 9.13 Å². The lowest BCUT2D eigenvalue weighted by molar-refractivity contribution is 1.18. The fourth-order valence-electron chi connectivity index (χ4n) is 7.83. The highest BCUT2D eigenvalue weighted by Gasteiger charge is 2.17. The van der Waals surface area contributed by atoms with Crippen molar-refractivity contribution in [3.8, 4) is 44.8 Å². The molecular formula is C48H32N2. The van der Waals surface area contributed by atoms with Gasteiger partial charge in [-0.3, -0.25) is 0 Å². The van der Waals surface area contributed by atoms with Crippen LogP contribution in [0.25, 0.3) is 88.4 Å². The van der Waals surface area contributed by atoms with Crippen LogP contribution in [0.15, 0.2) is 194 Å². The Kier molecular flexibility index (Phi) is 6.53. The lowest BCUT2D eigenvalue weighted by Crippen LogP contribution is -1.96. The summed E-state index contributed by atoms with van der Waals surface area (Å²) in [5, 5.41) is 5.02. The van der Waals surface area contributed by atoms with Crippen LogP contribution in [-0.2, 0) is 0 Å². The minimum Gasteiger partial charge on any atom is -0.309 e. The Morgan fingerprint density at radius 2 is 0.740 bits per heavy atom. The number of aromatic nitrogens is 2. The van der Waals surface area contributed by atoms with Crippen LogP contribution in [0.3, 0.4) is 0 Å². The Morgan fingerprint density at radius 1 is 0.240 bits per heavy atom. The van der Waals surface area contributed by atoms with E-state index < -0.39 is 0 Å². The molecule has 0 saturated heterocycles. The van der Waals surface area contributed by atoms with Gasteiger partial charge in [0.25, 0.3) is 0 Å². The first kappa shape index (κ1) is 28.4. The number of hydrogen-bond acceptors (Lipinski definition) is 0. The molecule has 10 rings (SSSR count). The molecule has 0 saturated carbocycles. The van der Waals surface area contributed by atoms with Gasteiger partial charge in [-0.1, -0.05) is 140 Å². The van der Waals surface area contributed by atoms with Gasteiger partial charge < -0.3 is 9.13 Å². The highest BCUT2D eigenvalue weighted by molar-refractivity contribution is 6.12. The van der Waals surface area contributed by atoms with Crippen molar-refractivity contribution in [1.82, 2.24) is 9.13 Å². The molecule has 0 unspecified atom stereocenters. The van der Waals surface area contributed by atoms with Crippen LogP contribution in [0.4, 0.5) is 0 Å². The molecule has 50 heavy (non-hydrogen) atoms. The average Bonchev–Trinajstić information content (AvgIpc) is 3.71. The quantitative estimate of drug-likeness (QED) is 0.178. The smallest absolute Gasteiger partial charge is 0.0547 e. The summed E-state index contributed by atoms with van der Waals surface area (Å²) in [7, 11) is 0. The zero-order chi connectivity index (χ0) is 33.0. The van der Waals surface area contributed by atoms with Gasteiger partial charge in [0, 0.05) is 32.9 Å². The number of para-hydroxylation sites is 3. The number of nitrogens with zero attached hydrogens (tertiary/aromatic N) is 2. The van der Waals surface area contributed by atoms with Gasteiger partial charge in [0.2, 0.25) is 0 Å². The Balaban J connectivity index is 1.17. The van der Waals surface area contributed by atoms with E-state index in [1.807, 2.05) is 0 Å². The monoisotopic (exact) mass is 636 g/mol. The van der Waals surface area contributed by atoms with Gasteiger partial charge in [-0.25, -0.2) is 0 Å². The molecule has 2 heteroatoms. The lowest BCUT2D eigenvalue weighted by atomic mass is 9.94. The molecule has 2 nitrogen and oxygen atoms in total. The molecule has 0 aliphatic carbocycles. The fraction of sp³-hybridized carbons (Fsp3) is 0. The van der Waals surface area contributed by atoms with Crippen molar-refractivity contribution in [2.75, 3.05) is 0 Å². The van der Waals surface area contributed by atoms with E-state index >= 15 is 0 Å². The van der Waals surface area contributed by atoms with Crippen molar-refractivity contribution < 1.29 is 0 Å². The van der Waals surface area contributed by atoms with Crippen LogP contribution in [0.1, 0.15) is 0 Å². The summed E-state index contributed by atoms with van der Waals surface area (Å²) in [6.07, 6.45) is 0. The topological polar surface area (TPSA) is 9.86 Å². The standard InChI is InChI=1S/C48H32N2/c1-4-14-33(15-5-1)39-28-26-38(32-43(39)34-16-6-2-7-17-34)50-46-23-13-11-21-41(46)44-30-35(25-29-47(44)50)36-24-27-42-40-20-10-12-22-45(40)49(48(42)31-36)37-18-8-3-9-19-37/h1-32H. The first-order valence-corrected chi connectivity index (χ1v) is 17.2. The third-order valence-corrected chi connectivity index (χ3v) is 10.1. The van der Waals surface area contributed by atoms with E-state index in [0.717, 1.165) is 5.69 Å². The van der Waals surface area contributed by atoms with Gasteiger partial charge in [-0.2, -0.15) is 0 Å². The molecule has 0 atom stereocenters. The van der Waals surface area contributed by atoms with Crippen LogP contribution < -0.4 is 0 Å². The summed E-state index contributed by atoms with van der Waals surface area (Å²) in [6.45, 7) is 0. The van der Waals surface area contributed by atoms with Crippen molar-refractivity contribution in [2.45, 2.75) is 0 Å². The molecule has 0 aliphatic heterocycles. The number of rotatable bonds is 5. The van der Waals surface area contributed by atoms with Gasteiger partial charge in [-0.15, -0.1) is 0 Å². The minimum absolute atomic E-state index is 1.15. The van der Waals surface area contributed by atoms with Crippen LogP contribution in [0.2, 0.25) is 0 Å². The lowest BCUT2D eigenvalue weighted by Gasteiger charge is -2.15. The summed E-state index contributed by atoms with van der Waals surface area (Å²) < 4.78 is 4.81. The molecule has 8 aromatic carbocycles. The minimum atomic E-state index is 1.15. The Hall–Kier alpha value is -6.64. The molecule has 234 valence electrons. The Labute approximate surface area is 290 Å². The largest absolute Gasteiger partial charge is 0.309 e. The first-order valence-electron chi connectivity index (χ1n) is 17.2. The second-order valence-corrected chi connectivity index (χ2v) is 13.0. The molecule has 0 bridgehead atoms. The van der Waals surface area contributed by atoms with E-state index in [2.05, 4.69) is 203 Å². The molecule has 10 aromatic rings. The first-order chi connectivity index (χ1) is 24.8. The Bertz CT molecular complexity index is 2840. The summed E-state index contributed by atoms with van der Waals surface area (Å²) in [5.74, 6) is 0. The third kappa shape index (κ3) is 4.50. The fourth-order valence-corrected chi connectivity index (χ4v) is 7.83. The van der Waals surface area contributed by atoms with Crippen molar-refractivity contribution in [3.05, 3.63) is 194 Å². The van der Waals surface area contributed by atoms with E-state index in [0.29, 0.717) is 0 Å². The number of hydrogen-bond donors (Lipinski definition) is 0. The zero-order valence-electron chi connectivity index (χ0n) is 27.4. The van der Waals surface area contributed by atoms with Crippen molar-refractivity contribution in [2.24, 2.45) is 0 Å². The number of fused-ring (bicyclic) bond motifs is 6. The highest BCUT2D eigenvalue weighted by atomic mass is 15.0. The van der Waals surface area contributed by atoms with E-state index in [1.54, 1.807) is 0 Å². The Morgan fingerprint density at radius 3 is 1.44 bits per heavy atom. The van der Waals surface area contributed by atoms with E-state index in [1.165, 1.54) is 82.7 Å². The maximum absolute atomic E-state index is 2.42. The SMILES string of the molecule is c1ccc(-c2ccc(-n3c4ccccc4c4cc(-c5ccc6c7ccccc7n(-c7ccccc7)c6c5)ccc43)cc2-c2ccccc2)cc1. The predicted octanol–water partition coefficient (Wildman–Crippen LogP) is 12.9. The third-order valence-electron chi connectivity index (χ3n) is 10.1. The molecule has 0 aliphatic rings. The maximum Gasteiger partial charge on any atom is 0.0547 e. The molecular weight excluding hydrogens is 605 g/mol. The van der Waals surface area contributed by atoms with Gasteiger partial charge in [0.15, 0.2) is 0 Å². The molecule has 0 radical (unpaired) electrons. The van der Waals surface area contributed by atoms with Crippen molar-refractivity contribution in [3.63, 3.8) is 0 Å². The summed E-state index contributed by atoms with van der Waals surface area (Å²) in [4.78, 5) is 0. The predicted molar refractivity (Wildman–Crippen MR) is 211 cm³/mol. The molecule has 0 spiro atoms. The average molecular weight is 637 g/mol. The van der Waals surface area contributed by atoms with E-state index in [9.17, 15) is 0 Å². The maximum atomic E-state index is 2.42. The highest BCUT2D eigenvalue weighted by Crippen LogP contribution is 2.40. The summed E-state index contributed by atoms with van der Waals surface area (Å²) >= 11 is 0. The zero-order valence-corrected chi connectivity index (χ0v) is 27.4. The van der Waals surface area contributed by atoms with Crippen molar-refractivity contribution in [1.29, 1.82) is 0 Å². The van der Waals surface area contributed by atoms with Crippen LogP contribution >= 0.6 is 0 Å². The molecule has 0 fully saturated rings. The van der Waals surface area contributed by atoms with Gasteiger partial charge >= 0.3 is 0 Å². The van der Waals surface area contributed by atoms with Gasteiger partial charge in [0.05, 0.1) is 22.1 Å². The number of benzene rings is 8. The molecule has 2 aromatic heterocycles. The normalized spacial score (nSPS) is 11.6. The molecule has 0 N–H and O–H groups in total. The van der Waals surface area contributed by atoms with Crippen molar-refractivity contribution >= 4 is 43.6 Å². The summed E-state index contributed by atoms with van der Waals surface area (Å²) in [6, 6.07) is 70.4. The van der Waals surface area contributed by atoms with Crippen LogP contribution in [0.5, 0.6) is 0 Å². The molecule has 0 amide bonds. The van der Waals surface area contributed by atoms with Gasteiger partial charge in [0.1, 0.15) is 0 Å². The second-order valence-electron chi connectivity index (χ2n) is 13.0. The molecule has 2 heterocycles. The van der Waals surface area contributed by atoms with Gasteiger partial charge in [-0.05, 0) is 88.0 Å². The van der Waals surface area contributed by atoms with Crippen LogP contribution in [0, 0.1) is 0 Å². The second kappa shape index (κ2) is 11.5. The summed E-state index contributed by atoms with van der Waals surface area (Å²) in [5.41, 5.74) is 14.4.